The monoisotopic (exact) mass is 514 g/mol. The van der Waals surface area contributed by atoms with Gasteiger partial charge in [-0.3, -0.25) is 4.79 Å². The van der Waals surface area contributed by atoms with E-state index < -0.39 is 13.7 Å². The van der Waals surface area contributed by atoms with Crippen LogP contribution in [0.15, 0.2) is 84.9 Å². The molecule has 0 bridgehead atoms. The van der Waals surface area contributed by atoms with Gasteiger partial charge in [0.25, 0.3) is 8.32 Å². The van der Waals surface area contributed by atoms with Gasteiger partial charge in [0, 0.05) is 5.41 Å². The fourth-order valence-corrected chi connectivity index (χ4v) is 8.90. The average Bonchev–Trinajstić information content (AvgIpc) is 2.89. The Labute approximate surface area is 223 Å². The second kappa shape index (κ2) is 12.4. The van der Waals surface area contributed by atoms with E-state index in [1.54, 1.807) is 7.11 Å². The van der Waals surface area contributed by atoms with Gasteiger partial charge < -0.3 is 13.9 Å². The minimum atomic E-state index is -2.77. The zero-order chi connectivity index (χ0) is 26.9. The molecular weight excluding hydrogens is 476 g/mol. The van der Waals surface area contributed by atoms with Gasteiger partial charge in [-0.15, -0.1) is 0 Å². The van der Waals surface area contributed by atoms with E-state index in [-0.39, 0.29) is 17.4 Å². The summed E-state index contributed by atoms with van der Waals surface area (Å²) in [5, 5.41) is 2.08. The Hall–Kier alpha value is -3.17. The lowest BCUT2D eigenvalue weighted by molar-refractivity contribution is -0.115. The van der Waals surface area contributed by atoms with E-state index in [2.05, 4.69) is 56.9 Å². The topological polar surface area (TPSA) is 44.8 Å². The number of hydrogen-bond donors (Lipinski definition) is 0. The molecule has 0 heterocycles. The standard InChI is InChI=1S/C32H38O4Si/c1-31(2,3)37(29-13-9-7-10-14-29,30-15-11-8-12-16-30)36-24-27(33)21-22-32(4,5)25-35-23-26-17-19-28(34-6)20-18-26/h7-20H,23-25H2,1-6H3. The third-order valence-electron chi connectivity index (χ3n) is 6.27. The third kappa shape index (κ3) is 7.42. The van der Waals surface area contributed by atoms with Crippen LogP contribution in [-0.2, 0) is 20.6 Å². The second-order valence-electron chi connectivity index (χ2n) is 10.8. The number of benzene rings is 3. The van der Waals surface area contributed by atoms with Crippen LogP contribution in [0.25, 0.3) is 0 Å². The number of methoxy groups -OCH3 is 1. The number of Topliss-reactive ketones (excluding diaryl/α,β-unsaturated/α-hetero) is 1. The molecule has 0 N–H and O–H groups in total. The molecule has 0 amide bonds. The highest BCUT2D eigenvalue weighted by Crippen LogP contribution is 2.36. The van der Waals surface area contributed by atoms with Crippen molar-refractivity contribution in [3.05, 3.63) is 90.5 Å². The summed E-state index contributed by atoms with van der Waals surface area (Å²) in [6, 6.07) is 28.4. The normalized spacial score (nSPS) is 11.9. The highest BCUT2D eigenvalue weighted by atomic mass is 28.4. The second-order valence-corrected chi connectivity index (χ2v) is 15.2. The summed E-state index contributed by atoms with van der Waals surface area (Å²) in [5.74, 6) is 6.52. The maximum absolute atomic E-state index is 13.0. The first kappa shape index (κ1) is 28.4. The Morgan fingerprint density at radius 2 is 1.35 bits per heavy atom. The maximum atomic E-state index is 13.0. The van der Waals surface area contributed by atoms with E-state index in [9.17, 15) is 4.79 Å². The van der Waals surface area contributed by atoms with Gasteiger partial charge in [-0.25, -0.2) is 0 Å². The van der Waals surface area contributed by atoms with Crippen molar-refractivity contribution in [3.63, 3.8) is 0 Å². The fourth-order valence-electron chi connectivity index (χ4n) is 4.39. The van der Waals surface area contributed by atoms with Crippen molar-refractivity contribution in [2.75, 3.05) is 20.3 Å². The molecule has 0 saturated carbocycles. The van der Waals surface area contributed by atoms with Crippen molar-refractivity contribution in [3.8, 4) is 17.6 Å². The molecule has 0 spiro atoms. The SMILES string of the molecule is COc1ccc(COCC(C)(C)C#CC(=O)CO[Si](c2ccccc2)(c2ccccc2)C(C)(C)C)cc1. The Morgan fingerprint density at radius 3 is 1.84 bits per heavy atom. The van der Waals surface area contributed by atoms with Gasteiger partial charge in [0.15, 0.2) is 0 Å². The summed E-state index contributed by atoms with van der Waals surface area (Å²) in [7, 11) is -1.13. The molecule has 0 atom stereocenters. The first-order valence-electron chi connectivity index (χ1n) is 12.6. The Bertz CT molecular complexity index is 1160. The predicted octanol–water partition coefficient (Wildman–Crippen LogP) is 5.39. The maximum Gasteiger partial charge on any atom is 0.261 e. The Balaban J connectivity index is 1.71. The molecule has 0 aliphatic heterocycles. The smallest absolute Gasteiger partial charge is 0.261 e. The molecule has 5 heteroatoms. The van der Waals surface area contributed by atoms with Crippen LogP contribution in [0.4, 0.5) is 0 Å². The summed E-state index contributed by atoms with van der Waals surface area (Å²) in [5.41, 5.74) is 0.582. The largest absolute Gasteiger partial charge is 0.497 e. The minimum absolute atomic E-state index is 0.0525. The van der Waals surface area contributed by atoms with Gasteiger partial charge in [-0.1, -0.05) is 99.5 Å². The number of ketones is 1. The number of ether oxygens (including phenoxy) is 2. The van der Waals surface area contributed by atoms with E-state index in [1.165, 1.54) is 0 Å². The van der Waals surface area contributed by atoms with Gasteiger partial charge >= 0.3 is 0 Å². The molecule has 4 nitrogen and oxygen atoms in total. The Morgan fingerprint density at radius 1 is 0.811 bits per heavy atom. The van der Waals surface area contributed by atoms with Gasteiger partial charge in [0.2, 0.25) is 5.78 Å². The highest BCUT2D eigenvalue weighted by Gasteiger charge is 2.50. The molecule has 0 saturated heterocycles. The molecule has 194 valence electrons. The predicted molar refractivity (Wildman–Crippen MR) is 153 cm³/mol. The summed E-state index contributed by atoms with van der Waals surface area (Å²) in [6.45, 7) is 11.4. The van der Waals surface area contributed by atoms with Crippen molar-refractivity contribution in [2.45, 2.75) is 46.3 Å². The highest BCUT2D eigenvalue weighted by molar-refractivity contribution is 6.99. The van der Waals surface area contributed by atoms with E-state index in [1.807, 2.05) is 74.5 Å². The molecule has 3 aromatic rings. The van der Waals surface area contributed by atoms with Crippen molar-refractivity contribution in [1.29, 1.82) is 0 Å². The molecule has 3 aromatic carbocycles. The van der Waals surface area contributed by atoms with Crippen molar-refractivity contribution in [2.24, 2.45) is 5.41 Å². The number of hydrogen-bond acceptors (Lipinski definition) is 4. The average molecular weight is 515 g/mol. The molecular formula is C32H38O4Si. The van der Waals surface area contributed by atoms with Crippen LogP contribution in [0.3, 0.4) is 0 Å². The molecule has 0 fully saturated rings. The van der Waals surface area contributed by atoms with E-state index >= 15 is 0 Å². The number of carbonyl (C=O) groups is 1. The van der Waals surface area contributed by atoms with Crippen LogP contribution < -0.4 is 15.1 Å². The lowest BCUT2D eigenvalue weighted by Crippen LogP contribution is -2.67. The lowest BCUT2D eigenvalue weighted by atomic mass is 9.95. The van der Waals surface area contributed by atoms with Crippen LogP contribution in [0.1, 0.15) is 40.2 Å². The van der Waals surface area contributed by atoms with Crippen LogP contribution in [0.2, 0.25) is 5.04 Å². The van der Waals surface area contributed by atoms with Gasteiger partial charge in [-0.05, 0) is 52.9 Å². The molecule has 0 aliphatic rings. The van der Waals surface area contributed by atoms with E-state index in [4.69, 9.17) is 13.9 Å². The van der Waals surface area contributed by atoms with E-state index in [0.717, 1.165) is 21.7 Å². The van der Waals surface area contributed by atoms with Gasteiger partial charge in [0.05, 0.1) is 20.3 Å². The van der Waals surface area contributed by atoms with Crippen molar-refractivity contribution in [1.82, 2.24) is 0 Å². The summed E-state index contributed by atoms with van der Waals surface area (Å²) >= 11 is 0. The van der Waals surface area contributed by atoms with Gasteiger partial charge in [-0.2, -0.15) is 0 Å². The van der Waals surface area contributed by atoms with Crippen LogP contribution in [0.5, 0.6) is 5.75 Å². The quantitative estimate of drug-likeness (QED) is 0.207. The summed E-state index contributed by atoms with van der Waals surface area (Å²) in [4.78, 5) is 13.0. The number of carbonyl (C=O) groups excluding carboxylic acids is 1. The van der Waals surface area contributed by atoms with Gasteiger partial charge in [0.1, 0.15) is 12.4 Å². The van der Waals surface area contributed by atoms with Crippen LogP contribution >= 0.6 is 0 Å². The first-order valence-corrected chi connectivity index (χ1v) is 14.5. The van der Waals surface area contributed by atoms with Crippen LogP contribution in [-0.4, -0.2) is 34.4 Å². The molecule has 0 aromatic heterocycles. The molecule has 0 radical (unpaired) electrons. The zero-order valence-corrected chi connectivity index (χ0v) is 23.8. The lowest BCUT2D eigenvalue weighted by Gasteiger charge is -2.42. The summed E-state index contributed by atoms with van der Waals surface area (Å²) in [6.07, 6.45) is 0. The van der Waals surface area contributed by atoms with E-state index in [0.29, 0.717) is 13.2 Å². The summed E-state index contributed by atoms with van der Waals surface area (Å²) < 4.78 is 17.8. The molecule has 0 aliphatic carbocycles. The third-order valence-corrected chi connectivity index (χ3v) is 11.3. The van der Waals surface area contributed by atoms with Crippen molar-refractivity contribution < 1.29 is 18.7 Å². The van der Waals surface area contributed by atoms with Crippen molar-refractivity contribution >= 4 is 24.5 Å². The fraction of sp³-hybridized carbons (Fsp3) is 0.344. The molecule has 37 heavy (non-hydrogen) atoms. The van der Waals surface area contributed by atoms with Crippen LogP contribution in [0, 0.1) is 17.3 Å². The zero-order valence-electron chi connectivity index (χ0n) is 22.8. The molecule has 3 rings (SSSR count). The Kier molecular flexibility index (Phi) is 9.50. The number of rotatable bonds is 10. The minimum Gasteiger partial charge on any atom is -0.497 e. The first-order chi connectivity index (χ1) is 17.6. The molecule has 0 unspecified atom stereocenters.